The summed E-state index contributed by atoms with van der Waals surface area (Å²) < 4.78 is 0. The van der Waals surface area contributed by atoms with E-state index in [4.69, 9.17) is 5.73 Å². The summed E-state index contributed by atoms with van der Waals surface area (Å²) in [6.07, 6.45) is 6.12. The summed E-state index contributed by atoms with van der Waals surface area (Å²) in [5, 5.41) is 9.91. The summed E-state index contributed by atoms with van der Waals surface area (Å²) in [5.41, 5.74) is 5.39. The minimum Gasteiger partial charge on any atom is -0.391 e. The van der Waals surface area contributed by atoms with Gasteiger partial charge in [-0.15, -0.1) is 0 Å². The molecular formula is C12H22N2O2. The van der Waals surface area contributed by atoms with Crippen molar-refractivity contribution in [3.8, 4) is 0 Å². The molecule has 0 bridgehead atoms. The lowest BCUT2D eigenvalue weighted by Gasteiger charge is -2.43. The molecule has 16 heavy (non-hydrogen) atoms. The molecule has 0 aliphatic heterocycles. The van der Waals surface area contributed by atoms with E-state index in [0.717, 1.165) is 44.9 Å². The summed E-state index contributed by atoms with van der Waals surface area (Å²) in [6, 6.07) is -0.0257. The smallest absolute Gasteiger partial charge is 0.242 e. The van der Waals surface area contributed by atoms with Crippen LogP contribution in [0.4, 0.5) is 0 Å². The molecule has 0 aromatic heterocycles. The summed E-state index contributed by atoms with van der Waals surface area (Å²) in [4.78, 5) is 13.9. The van der Waals surface area contributed by atoms with Crippen molar-refractivity contribution in [2.45, 2.75) is 62.6 Å². The Morgan fingerprint density at radius 2 is 1.94 bits per heavy atom. The maximum atomic E-state index is 12.2. The highest BCUT2D eigenvalue weighted by Gasteiger charge is 2.44. The molecule has 0 aromatic rings. The van der Waals surface area contributed by atoms with Crippen LogP contribution in [0.5, 0.6) is 0 Å². The molecule has 0 saturated heterocycles. The highest BCUT2D eigenvalue weighted by atomic mass is 16.3. The summed E-state index contributed by atoms with van der Waals surface area (Å²) in [6.45, 7) is 0. The van der Waals surface area contributed by atoms with Gasteiger partial charge in [0.05, 0.1) is 17.7 Å². The molecule has 2 atom stereocenters. The van der Waals surface area contributed by atoms with Gasteiger partial charge in [0.25, 0.3) is 0 Å². The van der Waals surface area contributed by atoms with Gasteiger partial charge < -0.3 is 15.7 Å². The normalized spacial score (nSPS) is 32.9. The van der Waals surface area contributed by atoms with Gasteiger partial charge in [-0.2, -0.15) is 0 Å². The van der Waals surface area contributed by atoms with E-state index in [1.165, 1.54) is 0 Å². The van der Waals surface area contributed by atoms with E-state index in [1.807, 2.05) is 0 Å². The number of amides is 1. The molecule has 2 saturated carbocycles. The van der Waals surface area contributed by atoms with Gasteiger partial charge in [-0.25, -0.2) is 0 Å². The van der Waals surface area contributed by atoms with Gasteiger partial charge in [0, 0.05) is 7.05 Å². The van der Waals surface area contributed by atoms with Crippen molar-refractivity contribution in [1.82, 2.24) is 4.90 Å². The van der Waals surface area contributed by atoms with Gasteiger partial charge in [-0.05, 0) is 32.1 Å². The highest BCUT2D eigenvalue weighted by molar-refractivity contribution is 5.87. The van der Waals surface area contributed by atoms with E-state index < -0.39 is 5.54 Å². The van der Waals surface area contributed by atoms with Gasteiger partial charge in [0.1, 0.15) is 0 Å². The second-order valence-electron chi connectivity index (χ2n) is 5.34. The first kappa shape index (κ1) is 11.9. The van der Waals surface area contributed by atoms with Crippen molar-refractivity contribution in [2.75, 3.05) is 7.05 Å². The SMILES string of the molecule is CN(C(=O)C1(N)CCC1)C1CCCCC1O. The molecule has 0 aromatic carbocycles. The number of nitrogens with zero attached hydrogens (tertiary/aromatic N) is 1. The van der Waals surface area contributed by atoms with Crippen LogP contribution in [0.1, 0.15) is 44.9 Å². The van der Waals surface area contributed by atoms with Gasteiger partial charge >= 0.3 is 0 Å². The van der Waals surface area contributed by atoms with Crippen LogP contribution in [0.25, 0.3) is 0 Å². The number of aliphatic hydroxyl groups is 1. The van der Waals surface area contributed by atoms with Gasteiger partial charge in [-0.3, -0.25) is 4.79 Å². The largest absolute Gasteiger partial charge is 0.391 e. The lowest BCUT2D eigenvalue weighted by Crippen LogP contribution is -2.62. The first-order valence-electron chi connectivity index (χ1n) is 6.29. The fourth-order valence-electron chi connectivity index (χ4n) is 2.82. The zero-order valence-corrected chi connectivity index (χ0v) is 9.98. The quantitative estimate of drug-likeness (QED) is 0.725. The average Bonchev–Trinajstić information content (AvgIpc) is 2.24. The van der Waals surface area contributed by atoms with Crippen LogP contribution in [-0.2, 0) is 4.79 Å². The maximum Gasteiger partial charge on any atom is 0.242 e. The zero-order valence-electron chi connectivity index (χ0n) is 9.98. The Bertz CT molecular complexity index is 276. The Kier molecular flexibility index (Phi) is 3.22. The third kappa shape index (κ3) is 1.96. The van der Waals surface area contributed by atoms with Gasteiger partial charge in [0.2, 0.25) is 5.91 Å². The van der Waals surface area contributed by atoms with E-state index in [-0.39, 0.29) is 18.1 Å². The monoisotopic (exact) mass is 226 g/mol. The summed E-state index contributed by atoms with van der Waals surface area (Å²) >= 11 is 0. The zero-order chi connectivity index (χ0) is 11.8. The van der Waals surface area contributed by atoms with Crippen molar-refractivity contribution in [1.29, 1.82) is 0 Å². The molecule has 1 amide bonds. The number of hydrogen-bond acceptors (Lipinski definition) is 3. The van der Waals surface area contributed by atoms with E-state index in [1.54, 1.807) is 11.9 Å². The molecule has 0 heterocycles. The van der Waals surface area contributed by atoms with Crippen LogP contribution in [0.15, 0.2) is 0 Å². The predicted molar refractivity (Wildman–Crippen MR) is 61.8 cm³/mol. The molecule has 2 unspecified atom stereocenters. The number of rotatable bonds is 2. The highest BCUT2D eigenvalue weighted by Crippen LogP contribution is 2.32. The third-order valence-corrected chi connectivity index (χ3v) is 4.18. The predicted octanol–water partition coefficient (Wildman–Crippen LogP) is 0.630. The van der Waals surface area contributed by atoms with Crippen LogP contribution in [0.2, 0.25) is 0 Å². The van der Waals surface area contributed by atoms with Gasteiger partial charge in [0.15, 0.2) is 0 Å². The third-order valence-electron chi connectivity index (χ3n) is 4.18. The number of aliphatic hydroxyl groups excluding tert-OH is 1. The molecule has 4 heteroatoms. The Morgan fingerprint density at radius 1 is 1.31 bits per heavy atom. The number of carbonyl (C=O) groups excluding carboxylic acids is 1. The van der Waals surface area contributed by atoms with Crippen LogP contribution < -0.4 is 5.73 Å². The lowest BCUT2D eigenvalue weighted by molar-refractivity contribution is -0.144. The molecule has 2 fully saturated rings. The van der Waals surface area contributed by atoms with Crippen LogP contribution >= 0.6 is 0 Å². The second-order valence-corrected chi connectivity index (χ2v) is 5.34. The number of likely N-dealkylation sites (N-methyl/N-ethyl adjacent to an activating group) is 1. The van der Waals surface area contributed by atoms with E-state index in [9.17, 15) is 9.90 Å². The first-order valence-corrected chi connectivity index (χ1v) is 6.29. The molecule has 4 nitrogen and oxygen atoms in total. The summed E-state index contributed by atoms with van der Waals surface area (Å²) in [5.74, 6) is 0.0182. The fourth-order valence-corrected chi connectivity index (χ4v) is 2.82. The maximum absolute atomic E-state index is 12.2. The molecule has 2 aliphatic rings. The Balaban J connectivity index is 2.00. The molecular weight excluding hydrogens is 204 g/mol. The Morgan fingerprint density at radius 3 is 2.44 bits per heavy atom. The average molecular weight is 226 g/mol. The number of carbonyl (C=O) groups is 1. The van der Waals surface area contributed by atoms with Crippen molar-refractivity contribution in [3.63, 3.8) is 0 Å². The van der Waals surface area contributed by atoms with Crippen molar-refractivity contribution < 1.29 is 9.90 Å². The van der Waals surface area contributed by atoms with Crippen LogP contribution in [0.3, 0.4) is 0 Å². The van der Waals surface area contributed by atoms with Crippen molar-refractivity contribution in [3.05, 3.63) is 0 Å². The van der Waals surface area contributed by atoms with Crippen LogP contribution in [0, 0.1) is 0 Å². The number of nitrogens with two attached hydrogens (primary N) is 1. The minimum atomic E-state index is -0.633. The topological polar surface area (TPSA) is 66.6 Å². The molecule has 2 aliphatic carbocycles. The van der Waals surface area contributed by atoms with E-state index in [0.29, 0.717) is 0 Å². The van der Waals surface area contributed by atoms with E-state index in [2.05, 4.69) is 0 Å². The van der Waals surface area contributed by atoms with E-state index >= 15 is 0 Å². The standard InChI is InChI=1S/C12H22N2O2/c1-14(9-5-2-3-6-10(9)15)11(16)12(13)7-4-8-12/h9-10,15H,2-8,13H2,1H3. The second kappa shape index (κ2) is 4.34. The van der Waals surface area contributed by atoms with Crippen LogP contribution in [-0.4, -0.2) is 40.6 Å². The Labute approximate surface area is 96.8 Å². The molecule has 2 rings (SSSR count). The molecule has 0 spiro atoms. The Hall–Kier alpha value is -0.610. The minimum absolute atomic E-state index is 0.0182. The summed E-state index contributed by atoms with van der Waals surface area (Å²) in [7, 11) is 1.79. The van der Waals surface area contributed by atoms with Crippen molar-refractivity contribution >= 4 is 5.91 Å². The molecule has 0 radical (unpaired) electrons. The lowest BCUT2D eigenvalue weighted by atomic mass is 9.76. The number of hydrogen-bond donors (Lipinski definition) is 2. The van der Waals surface area contributed by atoms with Crippen molar-refractivity contribution in [2.24, 2.45) is 5.73 Å². The molecule has 92 valence electrons. The molecule has 3 N–H and O–H groups in total. The first-order chi connectivity index (χ1) is 7.54. The fraction of sp³-hybridized carbons (Fsp3) is 0.917. The van der Waals surface area contributed by atoms with Gasteiger partial charge in [-0.1, -0.05) is 12.8 Å².